The summed E-state index contributed by atoms with van der Waals surface area (Å²) >= 11 is 4.55. The van der Waals surface area contributed by atoms with Crippen LogP contribution in [-0.4, -0.2) is 33.6 Å². The highest BCUT2D eigenvalue weighted by atomic mass is 79.9. The molecule has 4 rings (SSSR count). The minimum atomic E-state index is -0.308. The number of anilines is 1. The van der Waals surface area contributed by atoms with E-state index in [1.54, 1.807) is 12.1 Å². The zero-order chi connectivity index (χ0) is 20.2. The molecule has 0 spiro atoms. The SMILES string of the molecule is O=C(CSc1nnc(-c2ccccc2Br)o1)NC1=NN(c2ccccc2)C(=O)C1. The quantitative estimate of drug-likeness (QED) is 0.571. The maximum absolute atomic E-state index is 12.2. The minimum Gasteiger partial charge on any atom is -0.411 e. The lowest BCUT2D eigenvalue weighted by Crippen LogP contribution is -2.31. The van der Waals surface area contributed by atoms with Crippen LogP contribution in [0.3, 0.4) is 0 Å². The minimum absolute atomic E-state index is 0.0397. The average Bonchev–Trinajstić information content (AvgIpc) is 3.34. The zero-order valence-corrected chi connectivity index (χ0v) is 17.3. The Hall–Kier alpha value is -2.98. The molecule has 8 nitrogen and oxygen atoms in total. The number of carbonyl (C=O) groups is 2. The number of hydrazone groups is 1. The van der Waals surface area contributed by atoms with Crippen LogP contribution in [0, 0.1) is 0 Å². The maximum atomic E-state index is 12.2. The predicted octanol–water partition coefficient (Wildman–Crippen LogP) is 3.46. The molecule has 3 aromatic rings. The molecule has 146 valence electrons. The molecule has 29 heavy (non-hydrogen) atoms. The lowest BCUT2D eigenvalue weighted by atomic mass is 10.2. The fraction of sp³-hybridized carbons (Fsp3) is 0.105. The number of thioether (sulfide) groups is 1. The third-order valence-corrected chi connectivity index (χ3v) is 5.41. The highest BCUT2D eigenvalue weighted by molar-refractivity contribution is 9.10. The van der Waals surface area contributed by atoms with Gasteiger partial charge < -0.3 is 9.73 Å². The number of carbonyl (C=O) groups excluding carboxylic acids is 2. The number of benzene rings is 2. The van der Waals surface area contributed by atoms with Gasteiger partial charge >= 0.3 is 0 Å². The van der Waals surface area contributed by atoms with E-state index in [-0.39, 0.29) is 29.2 Å². The monoisotopic (exact) mass is 471 g/mol. The van der Waals surface area contributed by atoms with Gasteiger partial charge in [-0.2, -0.15) is 10.1 Å². The van der Waals surface area contributed by atoms with E-state index in [0.717, 1.165) is 21.8 Å². The van der Waals surface area contributed by atoms with Gasteiger partial charge in [-0.1, -0.05) is 42.1 Å². The first-order valence-corrected chi connectivity index (χ1v) is 10.3. The average molecular weight is 472 g/mol. The van der Waals surface area contributed by atoms with Gasteiger partial charge in [0, 0.05) is 4.47 Å². The molecule has 1 aromatic heterocycles. The summed E-state index contributed by atoms with van der Waals surface area (Å²) in [5.41, 5.74) is 1.43. The Morgan fingerprint density at radius 2 is 1.90 bits per heavy atom. The van der Waals surface area contributed by atoms with E-state index in [4.69, 9.17) is 4.42 Å². The van der Waals surface area contributed by atoms with E-state index in [1.807, 2.05) is 42.5 Å². The smallest absolute Gasteiger partial charge is 0.277 e. The second-order valence-corrected chi connectivity index (χ2v) is 7.74. The van der Waals surface area contributed by atoms with E-state index in [1.165, 1.54) is 5.01 Å². The van der Waals surface area contributed by atoms with Crippen LogP contribution in [0.1, 0.15) is 6.42 Å². The molecule has 0 radical (unpaired) electrons. The number of nitrogens with zero attached hydrogens (tertiary/aromatic N) is 4. The molecule has 0 saturated heterocycles. The number of para-hydroxylation sites is 1. The number of halogens is 1. The third-order valence-electron chi connectivity index (χ3n) is 3.90. The molecule has 0 atom stereocenters. The van der Waals surface area contributed by atoms with Crippen molar-refractivity contribution in [2.24, 2.45) is 5.10 Å². The van der Waals surface area contributed by atoms with Crippen molar-refractivity contribution in [1.82, 2.24) is 15.5 Å². The van der Waals surface area contributed by atoms with Gasteiger partial charge in [-0.25, -0.2) is 0 Å². The van der Waals surface area contributed by atoms with Gasteiger partial charge in [0.25, 0.3) is 11.1 Å². The number of amides is 2. The molecular weight excluding hydrogens is 458 g/mol. The standard InChI is InChI=1S/C19H14BrN5O3S/c20-14-9-5-4-8-13(14)18-22-23-19(28-18)29-11-16(26)21-15-10-17(27)25(24-15)12-6-2-1-3-7-12/h1-9H,10-11H2,(H,21,24,26). The topological polar surface area (TPSA) is 101 Å². The number of aromatic nitrogens is 2. The number of rotatable bonds is 5. The third kappa shape index (κ3) is 4.54. The predicted molar refractivity (Wildman–Crippen MR) is 112 cm³/mol. The summed E-state index contributed by atoms with van der Waals surface area (Å²) in [5.74, 6) is 0.218. The second-order valence-electron chi connectivity index (χ2n) is 5.95. The van der Waals surface area contributed by atoms with Crippen LogP contribution < -0.4 is 10.3 Å². The molecule has 1 aliphatic heterocycles. The Morgan fingerprint density at radius 3 is 2.69 bits per heavy atom. The fourth-order valence-electron chi connectivity index (χ4n) is 2.61. The normalized spacial score (nSPS) is 13.5. The van der Waals surface area contributed by atoms with E-state index in [2.05, 4.69) is 36.5 Å². The van der Waals surface area contributed by atoms with Gasteiger partial charge in [-0.05, 0) is 40.2 Å². The van der Waals surface area contributed by atoms with E-state index >= 15 is 0 Å². The van der Waals surface area contributed by atoms with Gasteiger partial charge in [0.2, 0.25) is 11.8 Å². The molecular formula is C19H14BrN5O3S. The fourth-order valence-corrected chi connectivity index (χ4v) is 3.62. The molecule has 10 heteroatoms. The van der Waals surface area contributed by atoms with Crippen molar-refractivity contribution in [2.45, 2.75) is 11.6 Å². The van der Waals surface area contributed by atoms with Crippen molar-refractivity contribution in [2.75, 3.05) is 10.8 Å². The summed E-state index contributed by atoms with van der Waals surface area (Å²) in [6.07, 6.45) is 0.0397. The van der Waals surface area contributed by atoms with Gasteiger partial charge in [0.1, 0.15) is 5.84 Å². The van der Waals surface area contributed by atoms with Crippen LogP contribution in [-0.2, 0) is 9.59 Å². The molecule has 1 aliphatic rings. The van der Waals surface area contributed by atoms with Gasteiger partial charge in [-0.3, -0.25) is 9.59 Å². The number of amidine groups is 1. The number of hydrogen-bond donors (Lipinski definition) is 1. The van der Waals surface area contributed by atoms with Crippen LogP contribution in [0.25, 0.3) is 11.5 Å². The van der Waals surface area contributed by atoms with Crippen LogP contribution in [0.4, 0.5) is 5.69 Å². The van der Waals surface area contributed by atoms with E-state index in [0.29, 0.717) is 17.4 Å². The maximum Gasteiger partial charge on any atom is 0.277 e. The molecule has 0 fully saturated rings. The number of nitrogens with one attached hydrogen (secondary N) is 1. The largest absolute Gasteiger partial charge is 0.411 e. The molecule has 0 bridgehead atoms. The highest BCUT2D eigenvalue weighted by Crippen LogP contribution is 2.29. The summed E-state index contributed by atoms with van der Waals surface area (Å²) in [5, 5.41) is 16.4. The summed E-state index contributed by atoms with van der Waals surface area (Å²) < 4.78 is 6.44. The van der Waals surface area contributed by atoms with Crippen molar-refractivity contribution < 1.29 is 14.0 Å². The Kier molecular flexibility index (Phi) is 5.72. The first-order chi connectivity index (χ1) is 14.1. The van der Waals surface area contributed by atoms with Crippen LogP contribution in [0.2, 0.25) is 0 Å². The van der Waals surface area contributed by atoms with E-state index < -0.39 is 0 Å². The molecule has 0 saturated carbocycles. The van der Waals surface area contributed by atoms with Crippen molar-refractivity contribution in [3.8, 4) is 11.5 Å². The van der Waals surface area contributed by atoms with Crippen LogP contribution in [0.5, 0.6) is 0 Å². The lowest BCUT2D eigenvalue weighted by Gasteiger charge is -2.10. The van der Waals surface area contributed by atoms with Crippen molar-refractivity contribution >= 4 is 51.0 Å². The molecule has 2 aromatic carbocycles. The van der Waals surface area contributed by atoms with Crippen molar-refractivity contribution in [1.29, 1.82) is 0 Å². The Bertz CT molecular complexity index is 1090. The lowest BCUT2D eigenvalue weighted by molar-refractivity contribution is -0.117. The van der Waals surface area contributed by atoms with Crippen LogP contribution in [0.15, 0.2) is 73.8 Å². The van der Waals surface area contributed by atoms with Gasteiger partial charge in [-0.15, -0.1) is 10.2 Å². The summed E-state index contributed by atoms with van der Waals surface area (Å²) in [4.78, 5) is 24.3. The number of hydrogen-bond acceptors (Lipinski definition) is 7. The summed E-state index contributed by atoms with van der Waals surface area (Å²) in [6.45, 7) is 0. The first-order valence-electron chi connectivity index (χ1n) is 8.57. The molecule has 2 heterocycles. The Morgan fingerprint density at radius 1 is 1.14 bits per heavy atom. The second kappa shape index (κ2) is 8.58. The van der Waals surface area contributed by atoms with Gasteiger partial charge in [0.05, 0.1) is 23.4 Å². The summed E-state index contributed by atoms with van der Waals surface area (Å²) in [7, 11) is 0. The zero-order valence-electron chi connectivity index (χ0n) is 14.9. The molecule has 0 unspecified atom stereocenters. The molecule has 1 N–H and O–H groups in total. The molecule has 2 amide bonds. The van der Waals surface area contributed by atoms with Crippen molar-refractivity contribution in [3.05, 3.63) is 59.1 Å². The first kappa shape index (κ1) is 19.3. The Labute approximate surface area is 178 Å². The van der Waals surface area contributed by atoms with Crippen molar-refractivity contribution in [3.63, 3.8) is 0 Å². The van der Waals surface area contributed by atoms with E-state index in [9.17, 15) is 9.59 Å². The summed E-state index contributed by atoms with van der Waals surface area (Å²) in [6, 6.07) is 16.5. The van der Waals surface area contributed by atoms with Gasteiger partial charge in [0.15, 0.2) is 0 Å². The van der Waals surface area contributed by atoms with Crippen LogP contribution >= 0.6 is 27.7 Å². The molecule has 0 aliphatic carbocycles. The highest BCUT2D eigenvalue weighted by Gasteiger charge is 2.26. The Balaban J connectivity index is 1.34.